The van der Waals surface area contributed by atoms with Gasteiger partial charge in [-0.15, -0.1) is 0 Å². The average Bonchev–Trinajstić information content (AvgIpc) is 2.91. The Morgan fingerprint density at radius 2 is 1.22 bits per heavy atom. The fourth-order valence-electron chi connectivity index (χ4n) is 2.31. The maximum atomic E-state index is 6.59. The van der Waals surface area contributed by atoms with E-state index in [1.807, 2.05) is 0 Å². The second kappa shape index (κ2) is 5.90. The van der Waals surface area contributed by atoms with Crippen LogP contribution in [0.15, 0.2) is 48.5 Å². The van der Waals surface area contributed by atoms with Crippen molar-refractivity contribution in [3.05, 3.63) is 48.5 Å². The Bertz CT molecular complexity index is 414. The van der Waals surface area contributed by atoms with Crippen LogP contribution in [0.1, 0.15) is 0 Å². The van der Waals surface area contributed by atoms with Gasteiger partial charge in [0.15, 0.2) is 16.6 Å². The van der Waals surface area contributed by atoms with E-state index < -0.39 is 16.6 Å². The molecular weight excluding hydrogens is 359 g/mol. The van der Waals surface area contributed by atoms with Gasteiger partial charge in [-0.2, -0.15) is 34.6 Å². The largest absolute Gasteiger partial charge is 2.00 e. The second-order valence-electron chi connectivity index (χ2n) is 5.47. The Morgan fingerprint density at radius 1 is 0.833 bits per heavy atom. The minimum Gasteiger partial charge on any atom is -0.451 e. The zero-order valence-electron chi connectivity index (χ0n) is 11.5. The summed E-state index contributed by atoms with van der Waals surface area (Å²) in [4.78, 5) is 0. The molecule has 4 heteroatoms. The first-order valence-electron chi connectivity index (χ1n) is 6.06. The van der Waals surface area contributed by atoms with E-state index in [0.29, 0.717) is 0 Å². The van der Waals surface area contributed by atoms with Gasteiger partial charge in [-0.1, -0.05) is 0 Å². The maximum Gasteiger partial charge on any atom is 2.00 e. The van der Waals surface area contributed by atoms with Gasteiger partial charge in [0.25, 0.3) is 0 Å². The molecule has 0 amide bonds. The minimum absolute atomic E-state index is 0. The third-order valence-electron chi connectivity index (χ3n) is 3.23. The van der Waals surface area contributed by atoms with Crippen LogP contribution in [0.3, 0.4) is 0 Å². The average molecular weight is 379 g/mol. The summed E-state index contributed by atoms with van der Waals surface area (Å²) in [6, 6.07) is 17.2. The fraction of sp³-hybridized carbons (Fsp3) is 0.286. The fourth-order valence-corrected chi connectivity index (χ4v) is 10.3. The summed E-state index contributed by atoms with van der Waals surface area (Å²) in [6.07, 6.45) is 0. The molecule has 0 fully saturated rings. The number of hydrogen-bond acceptors (Lipinski definition) is 1. The van der Waals surface area contributed by atoms with E-state index in [-0.39, 0.29) is 23.9 Å². The Morgan fingerprint density at radius 3 is 1.50 bits per heavy atom. The van der Waals surface area contributed by atoms with Crippen molar-refractivity contribution in [2.75, 3.05) is 0 Å². The van der Waals surface area contributed by atoms with Crippen LogP contribution in [0.5, 0.6) is 0 Å². The van der Waals surface area contributed by atoms with Crippen LogP contribution in [-0.4, -0.2) is 40.5 Å². The van der Waals surface area contributed by atoms with Crippen molar-refractivity contribution in [3.8, 4) is 0 Å². The van der Waals surface area contributed by atoms with Crippen molar-refractivity contribution in [1.82, 2.24) is 0 Å². The van der Waals surface area contributed by atoms with Crippen LogP contribution in [0.25, 0.3) is 0 Å². The molecule has 0 atom stereocenters. The molecule has 18 heavy (non-hydrogen) atoms. The third kappa shape index (κ3) is 3.47. The normalized spacial score (nSPS) is 12.2. The van der Waals surface area contributed by atoms with Crippen LogP contribution in [0.4, 0.5) is 0 Å². The molecule has 0 saturated carbocycles. The quantitative estimate of drug-likeness (QED) is 0.585. The molecule has 94 valence electrons. The summed E-state index contributed by atoms with van der Waals surface area (Å²) in [5, 5.41) is 2.79. The van der Waals surface area contributed by atoms with Crippen LogP contribution in [-0.2, 0) is 4.12 Å². The Labute approximate surface area is 129 Å². The van der Waals surface area contributed by atoms with E-state index in [9.17, 15) is 0 Å². The van der Waals surface area contributed by atoms with E-state index in [4.69, 9.17) is 4.12 Å². The predicted molar refractivity (Wildman–Crippen MR) is 85.1 cm³/mol. The maximum absolute atomic E-state index is 6.59. The van der Waals surface area contributed by atoms with Crippen LogP contribution in [0, 0.1) is 0 Å². The van der Waals surface area contributed by atoms with Gasteiger partial charge in [-0.05, 0) is 26.2 Å². The van der Waals surface area contributed by atoms with Gasteiger partial charge in [-0.3, -0.25) is 0 Å². The molecule has 0 bridgehead atoms. The van der Waals surface area contributed by atoms with E-state index in [0.717, 1.165) is 0 Å². The van der Waals surface area contributed by atoms with Gasteiger partial charge in [-0.25, -0.2) is 24.3 Å². The van der Waals surface area contributed by atoms with Gasteiger partial charge >= 0.3 is 23.9 Å². The van der Waals surface area contributed by atoms with Crippen molar-refractivity contribution in [1.29, 1.82) is 0 Å². The Hall–Kier alpha value is -0.108. The summed E-state index contributed by atoms with van der Waals surface area (Å²) in [5.41, 5.74) is 0. The molecule has 1 nitrogen and oxygen atoms in total. The molecule has 0 aliphatic heterocycles. The zero-order valence-corrected chi connectivity index (χ0v) is 16.4. The molecule has 0 aliphatic rings. The first-order chi connectivity index (χ1) is 7.92. The van der Waals surface area contributed by atoms with Crippen molar-refractivity contribution in [2.24, 2.45) is 0 Å². The molecule has 2 aromatic carbocycles. The first kappa shape index (κ1) is 15.9. The smallest absolute Gasteiger partial charge is 0.451 e. The molecule has 0 N–H and O–H groups in total. The van der Waals surface area contributed by atoms with Gasteiger partial charge in [0.05, 0.1) is 0 Å². The molecule has 0 aromatic heterocycles. The Balaban J connectivity index is 0.00000162. The first-order valence-corrected chi connectivity index (χ1v) is 11.9. The van der Waals surface area contributed by atoms with Crippen molar-refractivity contribution in [3.63, 3.8) is 0 Å². The molecule has 0 spiro atoms. The standard InChI is InChI=1S/C14H20OSi2.Sn/c1-16(2,13-9-5-6-10-13)15-17(3,4)14-11-7-8-12-14;/h5-12H,1-4H3;/q-2;+2. The molecular formula is C14H20OSi2Sn. The molecule has 2 aromatic rings. The molecule has 0 saturated heterocycles. The van der Waals surface area contributed by atoms with Crippen LogP contribution >= 0.6 is 0 Å². The van der Waals surface area contributed by atoms with E-state index in [1.54, 1.807) is 0 Å². The molecule has 2 rings (SSSR count). The van der Waals surface area contributed by atoms with Gasteiger partial charge in [0.1, 0.15) is 0 Å². The summed E-state index contributed by atoms with van der Waals surface area (Å²) in [6.45, 7) is 9.17. The van der Waals surface area contributed by atoms with Crippen molar-refractivity contribution < 1.29 is 4.12 Å². The second-order valence-corrected chi connectivity index (χ2v) is 13.5. The van der Waals surface area contributed by atoms with Gasteiger partial charge < -0.3 is 4.12 Å². The SMILES string of the molecule is C[Si](C)(O[Si](C)(C)c1ccc[cH-]1)c1ccc[cH-]1.[Sn+2]. The zero-order chi connectivity index (χ0) is 12.5. The third-order valence-corrected chi connectivity index (χ3v) is 10.8. The molecule has 0 heterocycles. The van der Waals surface area contributed by atoms with E-state index in [1.165, 1.54) is 10.4 Å². The van der Waals surface area contributed by atoms with Crippen LogP contribution < -0.4 is 10.4 Å². The van der Waals surface area contributed by atoms with Gasteiger partial charge in [0, 0.05) is 0 Å². The van der Waals surface area contributed by atoms with Gasteiger partial charge in [0.2, 0.25) is 0 Å². The Kier molecular flexibility index (Phi) is 5.23. The van der Waals surface area contributed by atoms with Crippen LogP contribution in [0.2, 0.25) is 26.2 Å². The van der Waals surface area contributed by atoms with E-state index in [2.05, 4.69) is 74.7 Å². The molecule has 0 unspecified atom stereocenters. The predicted octanol–water partition coefficient (Wildman–Crippen LogP) is 2.28. The summed E-state index contributed by atoms with van der Waals surface area (Å²) in [7, 11) is -3.51. The topological polar surface area (TPSA) is 9.23 Å². The summed E-state index contributed by atoms with van der Waals surface area (Å²) < 4.78 is 6.59. The monoisotopic (exact) mass is 380 g/mol. The number of rotatable bonds is 4. The summed E-state index contributed by atoms with van der Waals surface area (Å²) >= 11 is 0. The molecule has 2 radical (unpaired) electrons. The van der Waals surface area contributed by atoms with Crippen molar-refractivity contribution >= 4 is 50.9 Å². The van der Waals surface area contributed by atoms with E-state index >= 15 is 0 Å². The molecule has 0 aliphatic carbocycles. The number of hydrogen-bond donors (Lipinski definition) is 0. The minimum atomic E-state index is -1.76. The summed E-state index contributed by atoms with van der Waals surface area (Å²) in [5.74, 6) is 0. The van der Waals surface area contributed by atoms with Crippen molar-refractivity contribution in [2.45, 2.75) is 26.2 Å².